The fraction of sp³-hybridized carbons (Fsp3) is 0.200. The van der Waals surface area contributed by atoms with Gasteiger partial charge in [-0.1, -0.05) is 12.1 Å². The number of hydrogen-bond acceptors (Lipinski definition) is 7. The quantitative estimate of drug-likeness (QED) is 0.712. The molecule has 0 aliphatic rings. The molecule has 7 nitrogen and oxygen atoms in total. The summed E-state index contributed by atoms with van der Waals surface area (Å²) in [6, 6.07) is 6.96. The average Bonchev–Trinajstić information content (AvgIpc) is 2.86. The molecule has 1 atom stereocenters. The highest BCUT2D eigenvalue weighted by Crippen LogP contribution is 2.24. The largest absolute Gasteiger partial charge is 0.451 e. The summed E-state index contributed by atoms with van der Waals surface area (Å²) >= 11 is 1.04. The Balaban J connectivity index is 1.90. The van der Waals surface area contributed by atoms with E-state index in [2.05, 4.69) is 14.3 Å². The third kappa shape index (κ3) is 2.80. The second kappa shape index (κ2) is 5.81. The number of ether oxygens (including phenoxy) is 1. The number of aromatic nitrogens is 3. The minimum atomic E-state index is -0.724. The van der Waals surface area contributed by atoms with Gasteiger partial charge in [0.05, 0.1) is 16.6 Å². The first-order valence-electron chi connectivity index (χ1n) is 6.89. The first-order valence-corrected chi connectivity index (χ1v) is 7.66. The molecule has 0 bridgehead atoms. The number of nitrogens with zero attached hydrogens (tertiary/aromatic N) is 2. The van der Waals surface area contributed by atoms with Crippen LogP contribution < -0.4 is 11.3 Å². The zero-order valence-corrected chi connectivity index (χ0v) is 13.3. The molecular formula is C15H14N4O3S. The molecule has 1 aromatic carbocycles. The van der Waals surface area contributed by atoms with Crippen LogP contribution in [0.4, 0.5) is 5.00 Å². The van der Waals surface area contributed by atoms with Crippen molar-refractivity contribution in [2.45, 2.75) is 20.0 Å². The van der Waals surface area contributed by atoms with Crippen molar-refractivity contribution in [3.05, 3.63) is 51.7 Å². The first kappa shape index (κ1) is 15.2. The molecule has 8 heteroatoms. The molecule has 3 rings (SSSR count). The van der Waals surface area contributed by atoms with E-state index in [0.717, 1.165) is 11.5 Å². The van der Waals surface area contributed by atoms with Crippen LogP contribution >= 0.6 is 11.5 Å². The van der Waals surface area contributed by atoms with Crippen molar-refractivity contribution in [1.29, 1.82) is 0 Å². The van der Waals surface area contributed by atoms with Gasteiger partial charge in [-0.15, -0.1) is 0 Å². The fourth-order valence-electron chi connectivity index (χ4n) is 2.21. The molecule has 0 saturated heterocycles. The van der Waals surface area contributed by atoms with E-state index in [1.54, 1.807) is 38.1 Å². The van der Waals surface area contributed by atoms with Crippen molar-refractivity contribution >= 4 is 33.4 Å². The van der Waals surface area contributed by atoms with Crippen molar-refractivity contribution in [2.24, 2.45) is 0 Å². The highest BCUT2D eigenvalue weighted by molar-refractivity contribution is 7.10. The molecule has 23 heavy (non-hydrogen) atoms. The molecule has 118 valence electrons. The number of carbonyl (C=O) groups is 1. The smallest absolute Gasteiger partial charge is 0.343 e. The van der Waals surface area contributed by atoms with Crippen molar-refractivity contribution in [3.8, 4) is 0 Å². The van der Waals surface area contributed by atoms with Gasteiger partial charge in [-0.3, -0.25) is 4.79 Å². The Kier molecular flexibility index (Phi) is 3.83. The lowest BCUT2D eigenvalue weighted by molar-refractivity contribution is 0.0320. The summed E-state index contributed by atoms with van der Waals surface area (Å²) in [6.45, 7) is 3.32. The molecule has 2 heterocycles. The summed E-state index contributed by atoms with van der Waals surface area (Å²) in [5, 5.41) is 0.788. The van der Waals surface area contributed by atoms with Crippen molar-refractivity contribution in [3.63, 3.8) is 0 Å². The number of nitrogen functional groups attached to an aromatic ring is 1. The first-order chi connectivity index (χ1) is 11.0. The van der Waals surface area contributed by atoms with Crippen molar-refractivity contribution in [2.75, 3.05) is 5.73 Å². The van der Waals surface area contributed by atoms with Gasteiger partial charge in [0.15, 0.2) is 11.9 Å². The zero-order chi connectivity index (χ0) is 16.6. The topological polar surface area (TPSA) is 111 Å². The van der Waals surface area contributed by atoms with Crippen molar-refractivity contribution < 1.29 is 9.53 Å². The van der Waals surface area contributed by atoms with E-state index in [-0.39, 0.29) is 16.9 Å². The van der Waals surface area contributed by atoms with E-state index in [1.807, 2.05) is 0 Å². The van der Waals surface area contributed by atoms with Gasteiger partial charge >= 0.3 is 5.97 Å². The highest BCUT2D eigenvalue weighted by Gasteiger charge is 2.22. The lowest BCUT2D eigenvalue weighted by Crippen LogP contribution is -2.18. The van der Waals surface area contributed by atoms with Crippen molar-refractivity contribution in [1.82, 2.24) is 14.3 Å². The number of aromatic amines is 1. The Morgan fingerprint density at radius 3 is 2.83 bits per heavy atom. The number of hydrogen-bond donors (Lipinski definition) is 2. The Morgan fingerprint density at radius 2 is 2.13 bits per heavy atom. The molecule has 0 radical (unpaired) electrons. The summed E-state index contributed by atoms with van der Waals surface area (Å²) in [4.78, 5) is 31.3. The second-order valence-electron chi connectivity index (χ2n) is 5.02. The number of anilines is 1. The molecule has 2 aromatic heterocycles. The van der Waals surface area contributed by atoms with Crippen LogP contribution in [0.5, 0.6) is 0 Å². The lowest BCUT2D eigenvalue weighted by atomic mass is 10.2. The molecule has 0 spiro atoms. The number of para-hydroxylation sites is 1. The zero-order valence-electron chi connectivity index (χ0n) is 12.5. The van der Waals surface area contributed by atoms with Crippen LogP contribution in [0.1, 0.15) is 34.9 Å². The normalized spacial score (nSPS) is 12.3. The van der Waals surface area contributed by atoms with Crippen LogP contribution in [0.15, 0.2) is 29.1 Å². The van der Waals surface area contributed by atoms with E-state index in [4.69, 9.17) is 10.5 Å². The molecule has 0 saturated carbocycles. The summed E-state index contributed by atoms with van der Waals surface area (Å²) in [5.41, 5.74) is 6.78. The van der Waals surface area contributed by atoms with Crippen LogP contribution in [0.25, 0.3) is 10.9 Å². The Morgan fingerprint density at radius 1 is 1.39 bits per heavy atom. The molecule has 0 fully saturated rings. The molecule has 0 amide bonds. The minimum Gasteiger partial charge on any atom is -0.451 e. The monoisotopic (exact) mass is 330 g/mol. The van der Waals surface area contributed by atoms with Gasteiger partial charge in [0.25, 0.3) is 5.56 Å². The molecule has 0 aliphatic heterocycles. The number of rotatable bonds is 3. The predicted molar refractivity (Wildman–Crippen MR) is 87.5 cm³/mol. The summed E-state index contributed by atoms with van der Waals surface area (Å²) < 4.78 is 9.38. The Bertz CT molecular complexity index is 928. The molecule has 3 aromatic rings. The summed E-state index contributed by atoms with van der Waals surface area (Å²) in [6.07, 6.45) is -0.724. The summed E-state index contributed by atoms with van der Waals surface area (Å²) in [7, 11) is 0. The number of esters is 1. The third-order valence-electron chi connectivity index (χ3n) is 3.39. The number of aryl methyl sites for hydroxylation is 1. The average molecular weight is 330 g/mol. The van der Waals surface area contributed by atoms with Crippen LogP contribution in [0.2, 0.25) is 0 Å². The molecule has 3 N–H and O–H groups in total. The Labute approximate surface area is 135 Å². The van der Waals surface area contributed by atoms with E-state index < -0.39 is 12.1 Å². The maximum absolute atomic E-state index is 12.2. The van der Waals surface area contributed by atoms with Gasteiger partial charge in [0, 0.05) is 0 Å². The third-order valence-corrected chi connectivity index (χ3v) is 4.16. The summed E-state index contributed by atoms with van der Waals surface area (Å²) in [5.74, 6) is -0.307. The number of nitrogens with one attached hydrogen (secondary N) is 1. The predicted octanol–water partition coefficient (Wildman–Crippen LogP) is 2.19. The maximum atomic E-state index is 12.2. The van der Waals surface area contributed by atoms with E-state index in [0.29, 0.717) is 21.6 Å². The van der Waals surface area contributed by atoms with Gasteiger partial charge in [0.1, 0.15) is 10.6 Å². The van der Waals surface area contributed by atoms with Gasteiger partial charge in [-0.05, 0) is 37.5 Å². The van der Waals surface area contributed by atoms with E-state index in [1.165, 1.54) is 0 Å². The SMILES string of the molecule is Cc1nsc(N)c1C(=O)OC(C)c1nc2ccccc2c(=O)[nH]1. The van der Waals surface area contributed by atoms with Crippen LogP contribution in [-0.2, 0) is 4.74 Å². The molecule has 1 unspecified atom stereocenters. The van der Waals surface area contributed by atoms with Gasteiger partial charge < -0.3 is 15.5 Å². The van der Waals surface area contributed by atoms with Crippen LogP contribution in [0, 0.1) is 6.92 Å². The standard InChI is InChI=1S/C15H14N4O3S/c1-7-11(12(16)23-19-7)15(21)22-8(2)13-17-10-6-4-3-5-9(10)14(20)18-13/h3-6,8H,16H2,1-2H3,(H,17,18,20). The highest BCUT2D eigenvalue weighted by atomic mass is 32.1. The van der Waals surface area contributed by atoms with Crippen LogP contribution in [0.3, 0.4) is 0 Å². The number of benzene rings is 1. The lowest BCUT2D eigenvalue weighted by Gasteiger charge is -2.13. The molecule has 0 aliphatic carbocycles. The number of fused-ring (bicyclic) bond motifs is 1. The van der Waals surface area contributed by atoms with Crippen LogP contribution in [-0.4, -0.2) is 20.3 Å². The van der Waals surface area contributed by atoms with Gasteiger partial charge in [0.2, 0.25) is 0 Å². The second-order valence-corrected chi connectivity index (χ2v) is 5.83. The van der Waals surface area contributed by atoms with E-state index in [9.17, 15) is 9.59 Å². The molecular weight excluding hydrogens is 316 g/mol. The Hall–Kier alpha value is -2.74. The minimum absolute atomic E-state index is 0.255. The number of nitrogens with two attached hydrogens (primary N) is 1. The van der Waals surface area contributed by atoms with Gasteiger partial charge in [-0.2, -0.15) is 4.37 Å². The van der Waals surface area contributed by atoms with Gasteiger partial charge in [-0.25, -0.2) is 9.78 Å². The van der Waals surface area contributed by atoms with E-state index >= 15 is 0 Å². The fourth-order valence-corrected chi connectivity index (χ4v) is 2.86. The number of carbonyl (C=O) groups excluding carboxylic acids is 1. The number of H-pyrrole nitrogens is 1. The maximum Gasteiger partial charge on any atom is 0.343 e.